The van der Waals surface area contributed by atoms with E-state index >= 15 is 0 Å². The summed E-state index contributed by atoms with van der Waals surface area (Å²) in [7, 11) is -3.70. The summed E-state index contributed by atoms with van der Waals surface area (Å²) in [6, 6.07) is 5.99. The quantitative estimate of drug-likeness (QED) is 0.799. The van der Waals surface area contributed by atoms with Gasteiger partial charge >= 0.3 is 0 Å². The molecule has 6 nitrogen and oxygen atoms in total. The molecule has 1 atom stereocenters. The van der Waals surface area contributed by atoms with Crippen LogP contribution < -0.4 is 0 Å². The van der Waals surface area contributed by atoms with Crippen molar-refractivity contribution in [3.8, 4) is 0 Å². The molecular formula is C18H26FN3O3S. The first-order valence-electron chi connectivity index (χ1n) is 9.17. The zero-order valence-corrected chi connectivity index (χ0v) is 15.9. The highest BCUT2D eigenvalue weighted by Crippen LogP contribution is 2.21. The third-order valence-electron chi connectivity index (χ3n) is 5.17. The van der Waals surface area contributed by atoms with Crippen LogP contribution in [0.3, 0.4) is 0 Å². The molecule has 2 saturated heterocycles. The fraction of sp³-hybridized carbons (Fsp3) is 0.611. The number of amides is 1. The first-order valence-corrected chi connectivity index (χ1v) is 10.6. The Morgan fingerprint density at radius 1 is 1.08 bits per heavy atom. The van der Waals surface area contributed by atoms with Crippen molar-refractivity contribution >= 4 is 16.1 Å². The zero-order valence-electron chi connectivity index (χ0n) is 15.1. The maximum absolute atomic E-state index is 13.0. The molecule has 0 unspecified atom stereocenters. The predicted molar refractivity (Wildman–Crippen MR) is 96.9 cm³/mol. The summed E-state index contributed by atoms with van der Waals surface area (Å²) in [6.07, 6.45) is 3.72. The molecule has 0 aromatic heterocycles. The number of nitrogens with zero attached hydrogens (tertiary/aromatic N) is 3. The summed E-state index contributed by atoms with van der Waals surface area (Å²) in [5, 5.41) is 0. The standard InChI is InChI=1S/C18H26FN3O3S/c1-15-5-2-3-12-22(15)18(23)14-21-11-4-10-20(26(21,24)25)13-16-6-8-17(19)9-7-16/h6-9,15H,2-5,10-14H2,1H3/t15-/m0/s1. The maximum atomic E-state index is 13.0. The SMILES string of the molecule is C[C@H]1CCCCN1C(=O)CN1CCCN(Cc2ccc(F)cc2)S1(=O)=O. The largest absolute Gasteiger partial charge is 0.339 e. The lowest BCUT2D eigenvalue weighted by atomic mass is 10.0. The molecule has 26 heavy (non-hydrogen) atoms. The summed E-state index contributed by atoms with van der Waals surface area (Å²) in [4.78, 5) is 14.4. The van der Waals surface area contributed by atoms with Crippen LogP contribution in [0.1, 0.15) is 38.2 Å². The third-order valence-corrected chi connectivity index (χ3v) is 7.10. The number of piperidine rings is 1. The van der Waals surface area contributed by atoms with E-state index in [0.717, 1.165) is 24.8 Å². The maximum Gasteiger partial charge on any atom is 0.282 e. The minimum atomic E-state index is -3.70. The van der Waals surface area contributed by atoms with Crippen LogP contribution in [0.4, 0.5) is 4.39 Å². The van der Waals surface area contributed by atoms with Gasteiger partial charge in [-0.15, -0.1) is 0 Å². The Hall–Kier alpha value is -1.51. The van der Waals surface area contributed by atoms with Gasteiger partial charge in [0.2, 0.25) is 5.91 Å². The summed E-state index contributed by atoms with van der Waals surface area (Å²) >= 11 is 0. The number of carbonyl (C=O) groups excluding carboxylic acids is 1. The number of rotatable bonds is 4. The van der Waals surface area contributed by atoms with Crippen molar-refractivity contribution in [2.45, 2.75) is 45.2 Å². The van der Waals surface area contributed by atoms with Gasteiger partial charge in [-0.1, -0.05) is 12.1 Å². The molecule has 2 fully saturated rings. The molecule has 2 aliphatic heterocycles. The van der Waals surface area contributed by atoms with Crippen molar-refractivity contribution in [1.82, 2.24) is 13.5 Å². The first kappa shape index (κ1) is 19.3. The van der Waals surface area contributed by atoms with E-state index in [4.69, 9.17) is 0 Å². The van der Waals surface area contributed by atoms with E-state index in [1.54, 1.807) is 17.0 Å². The lowest BCUT2D eigenvalue weighted by Crippen LogP contribution is -2.54. The van der Waals surface area contributed by atoms with Gasteiger partial charge in [-0.25, -0.2) is 4.39 Å². The molecule has 2 aliphatic rings. The Balaban J connectivity index is 1.68. The summed E-state index contributed by atoms with van der Waals surface area (Å²) < 4.78 is 41.5. The molecule has 144 valence electrons. The number of hydrogen-bond acceptors (Lipinski definition) is 3. The van der Waals surface area contributed by atoms with E-state index in [9.17, 15) is 17.6 Å². The fourth-order valence-electron chi connectivity index (χ4n) is 3.64. The van der Waals surface area contributed by atoms with E-state index in [-0.39, 0.29) is 30.9 Å². The molecule has 0 spiro atoms. The Morgan fingerprint density at radius 2 is 1.77 bits per heavy atom. The van der Waals surface area contributed by atoms with Gasteiger partial charge in [0.05, 0.1) is 6.54 Å². The van der Waals surface area contributed by atoms with Gasteiger partial charge in [0.25, 0.3) is 10.2 Å². The van der Waals surface area contributed by atoms with Crippen LogP contribution in [-0.2, 0) is 21.5 Å². The van der Waals surface area contributed by atoms with Crippen LogP contribution in [0.2, 0.25) is 0 Å². The summed E-state index contributed by atoms with van der Waals surface area (Å²) in [5.41, 5.74) is 0.729. The monoisotopic (exact) mass is 383 g/mol. The van der Waals surface area contributed by atoms with Gasteiger partial charge in [-0.3, -0.25) is 4.79 Å². The Morgan fingerprint density at radius 3 is 2.46 bits per heavy atom. The van der Waals surface area contributed by atoms with Crippen molar-refractivity contribution in [3.63, 3.8) is 0 Å². The zero-order chi connectivity index (χ0) is 18.7. The average Bonchev–Trinajstić information content (AvgIpc) is 2.60. The van der Waals surface area contributed by atoms with Crippen molar-refractivity contribution in [2.24, 2.45) is 0 Å². The Bertz CT molecular complexity index is 739. The van der Waals surface area contributed by atoms with Crippen molar-refractivity contribution in [3.05, 3.63) is 35.6 Å². The lowest BCUT2D eigenvalue weighted by Gasteiger charge is -2.38. The predicted octanol–water partition coefficient (Wildman–Crippen LogP) is 1.98. The second-order valence-electron chi connectivity index (χ2n) is 7.09. The molecule has 2 heterocycles. The highest BCUT2D eigenvalue weighted by Gasteiger charge is 2.36. The van der Waals surface area contributed by atoms with E-state index in [0.29, 0.717) is 26.1 Å². The molecule has 1 aromatic carbocycles. The fourth-order valence-corrected chi connectivity index (χ4v) is 5.27. The molecule has 1 aromatic rings. The number of halogens is 1. The van der Waals surface area contributed by atoms with Crippen LogP contribution in [0.5, 0.6) is 0 Å². The molecule has 0 aliphatic carbocycles. The number of hydrogen-bond donors (Lipinski definition) is 0. The molecule has 3 rings (SSSR count). The van der Waals surface area contributed by atoms with E-state index < -0.39 is 10.2 Å². The molecule has 0 N–H and O–H groups in total. The summed E-state index contributed by atoms with van der Waals surface area (Å²) in [5.74, 6) is -0.470. The normalized spacial score (nSPS) is 24.5. The van der Waals surface area contributed by atoms with Crippen LogP contribution in [0, 0.1) is 5.82 Å². The van der Waals surface area contributed by atoms with Crippen LogP contribution >= 0.6 is 0 Å². The molecule has 0 bridgehead atoms. The second kappa shape index (κ2) is 8.02. The van der Waals surface area contributed by atoms with Crippen LogP contribution in [0.25, 0.3) is 0 Å². The van der Waals surface area contributed by atoms with Crippen molar-refractivity contribution < 1.29 is 17.6 Å². The third kappa shape index (κ3) is 4.24. The van der Waals surface area contributed by atoms with Gasteiger partial charge < -0.3 is 4.90 Å². The molecule has 1 amide bonds. The van der Waals surface area contributed by atoms with Gasteiger partial charge in [0.15, 0.2) is 0 Å². The molecular weight excluding hydrogens is 357 g/mol. The van der Waals surface area contributed by atoms with E-state index in [2.05, 4.69) is 0 Å². The average molecular weight is 383 g/mol. The van der Waals surface area contributed by atoms with Crippen LogP contribution in [0.15, 0.2) is 24.3 Å². The molecule has 8 heteroatoms. The molecule has 0 radical (unpaired) electrons. The van der Waals surface area contributed by atoms with Gasteiger partial charge in [0, 0.05) is 32.2 Å². The Labute approximate surface area is 154 Å². The minimum Gasteiger partial charge on any atom is -0.339 e. The number of carbonyl (C=O) groups is 1. The van der Waals surface area contributed by atoms with E-state index in [1.165, 1.54) is 20.7 Å². The van der Waals surface area contributed by atoms with E-state index in [1.807, 2.05) is 6.92 Å². The highest BCUT2D eigenvalue weighted by molar-refractivity contribution is 7.86. The van der Waals surface area contributed by atoms with Gasteiger partial charge in [-0.2, -0.15) is 17.0 Å². The number of benzene rings is 1. The Kier molecular flexibility index (Phi) is 5.94. The molecule has 0 saturated carbocycles. The van der Waals surface area contributed by atoms with Gasteiger partial charge in [0.1, 0.15) is 5.82 Å². The lowest BCUT2D eigenvalue weighted by molar-refractivity contribution is -0.134. The smallest absolute Gasteiger partial charge is 0.282 e. The van der Waals surface area contributed by atoms with Crippen molar-refractivity contribution in [2.75, 3.05) is 26.2 Å². The van der Waals surface area contributed by atoms with Crippen molar-refractivity contribution in [1.29, 1.82) is 0 Å². The van der Waals surface area contributed by atoms with Crippen LogP contribution in [-0.4, -0.2) is 60.1 Å². The number of likely N-dealkylation sites (tertiary alicyclic amines) is 1. The topological polar surface area (TPSA) is 60.9 Å². The highest BCUT2D eigenvalue weighted by atomic mass is 32.2. The second-order valence-corrected chi connectivity index (χ2v) is 9.02. The first-order chi connectivity index (χ1) is 12.4. The summed E-state index contributed by atoms with van der Waals surface area (Å²) in [6.45, 7) is 3.57. The van der Waals surface area contributed by atoms with Gasteiger partial charge in [-0.05, 0) is 50.3 Å². The minimum absolute atomic E-state index is 0.105.